The van der Waals surface area contributed by atoms with Crippen molar-refractivity contribution in [2.45, 2.75) is 26.7 Å². The molecule has 1 aliphatic rings. The van der Waals surface area contributed by atoms with Gasteiger partial charge in [0.2, 0.25) is 0 Å². The van der Waals surface area contributed by atoms with Crippen LogP contribution in [0.1, 0.15) is 46.8 Å². The first kappa shape index (κ1) is 16.9. The average Bonchev–Trinajstić information content (AvgIpc) is 2.64. The van der Waals surface area contributed by atoms with Gasteiger partial charge in [-0.15, -0.1) is 0 Å². The third kappa shape index (κ3) is 2.63. The largest absolute Gasteiger partial charge is 0.289 e. The normalized spacial score (nSPS) is 15.7. The molecule has 0 saturated heterocycles. The van der Waals surface area contributed by atoms with Crippen molar-refractivity contribution >= 4 is 30.1 Å². The zero-order valence-corrected chi connectivity index (χ0v) is 16.4. The maximum absolute atomic E-state index is 14.3. The quantitative estimate of drug-likeness (QED) is 0.502. The zero-order valence-electron chi connectivity index (χ0n) is 15.2. The minimum Gasteiger partial charge on any atom is -0.289 e. The van der Waals surface area contributed by atoms with Crippen molar-refractivity contribution in [2.75, 3.05) is 0 Å². The van der Waals surface area contributed by atoms with E-state index in [4.69, 9.17) is 0 Å². The van der Waals surface area contributed by atoms with Gasteiger partial charge in [0.05, 0.1) is 0 Å². The predicted octanol–water partition coefficient (Wildman–Crippen LogP) is 3.05. The second kappa shape index (κ2) is 6.33. The van der Waals surface area contributed by atoms with E-state index in [1.54, 1.807) is 13.0 Å². The van der Waals surface area contributed by atoms with Crippen molar-refractivity contribution in [1.29, 1.82) is 0 Å². The Hall–Kier alpha value is -2.52. The predicted molar refractivity (Wildman–Crippen MR) is 108 cm³/mol. The van der Waals surface area contributed by atoms with Gasteiger partial charge in [-0.1, -0.05) is 62.4 Å². The molecule has 1 nitrogen and oxygen atoms in total. The summed E-state index contributed by atoms with van der Waals surface area (Å²) in [6, 6.07) is 19.7. The smallest absolute Gasteiger partial charge is 0.192 e. The van der Waals surface area contributed by atoms with E-state index in [1.165, 1.54) is 5.56 Å². The highest BCUT2D eigenvalue weighted by molar-refractivity contribution is 6.97. The van der Waals surface area contributed by atoms with Crippen molar-refractivity contribution in [3.05, 3.63) is 88.7 Å². The first-order valence-electron chi connectivity index (χ1n) is 9.01. The first-order chi connectivity index (χ1) is 12.5. The number of halogens is 1. The Labute approximate surface area is 155 Å². The molecule has 0 spiro atoms. The van der Waals surface area contributed by atoms with Crippen LogP contribution in [0.5, 0.6) is 0 Å². The Morgan fingerprint density at radius 3 is 2.35 bits per heavy atom. The summed E-state index contributed by atoms with van der Waals surface area (Å²) in [5.74, 6) is 0.279. The number of ketones is 1. The van der Waals surface area contributed by atoms with Crippen molar-refractivity contribution in [3.8, 4) is 0 Å². The second-order valence-electron chi connectivity index (χ2n) is 7.36. The third-order valence-corrected chi connectivity index (χ3v) is 8.62. The van der Waals surface area contributed by atoms with Crippen LogP contribution in [0.2, 0.25) is 0 Å². The molecular formula is C23H21FOSi. The van der Waals surface area contributed by atoms with Crippen LogP contribution >= 0.6 is 0 Å². The number of carbonyl (C=O) groups excluding carboxylic acids is 1. The first-order valence-corrected chi connectivity index (χ1v) is 10.7. The molecule has 0 N–H and O–H groups in total. The van der Waals surface area contributed by atoms with E-state index in [1.807, 2.05) is 42.5 Å². The maximum atomic E-state index is 14.3. The molecule has 1 heterocycles. The van der Waals surface area contributed by atoms with Crippen LogP contribution < -0.4 is 15.6 Å². The molecule has 0 fully saturated rings. The molecule has 0 aromatic heterocycles. The number of hydrogen-bond acceptors (Lipinski definition) is 1. The van der Waals surface area contributed by atoms with Crippen LogP contribution in [0.3, 0.4) is 0 Å². The van der Waals surface area contributed by atoms with Gasteiger partial charge in [0.1, 0.15) is 14.6 Å². The van der Waals surface area contributed by atoms with E-state index in [0.29, 0.717) is 11.5 Å². The molecule has 0 bridgehead atoms. The summed E-state index contributed by atoms with van der Waals surface area (Å²) in [7, 11) is -1.88. The summed E-state index contributed by atoms with van der Waals surface area (Å²) < 4.78 is 14.3. The monoisotopic (exact) mass is 360 g/mol. The molecule has 4 rings (SSSR count). The molecule has 0 amide bonds. The molecule has 0 radical (unpaired) electrons. The molecule has 3 aromatic rings. The minimum absolute atomic E-state index is 0.0921. The third-order valence-electron chi connectivity index (χ3n) is 5.35. The van der Waals surface area contributed by atoms with Gasteiger partial charge in [0, 0.05) is 11.1 Å². The van der Waals surface area contributed by atoms with Crippen LogP contribution in [0.25, 0.3) is 0 Å². The van der Waals surface area contributed by atoms with Crippen LogP contribution in [-0.4, -0.2) is 14.6 Å². The Bertz CT molecular complexity index is 1020. The highest BCUT2D eigenvalue weighted by atomic mass is 28.3. The molecule has 26 heavy (non-hydrogen) atoms. The summed E-state index contributed by atoms with van der Waals surface area (Å²) >= 11 is 0. The van der Waals surface area contributed by atoms with E-state index < -0.39 is 8.80 Å². The number of hydrogen-bond donors (Lipinski definition) is 0. The van der Waals surface area contributed by atoms with E-state index in [0.717, 1.165) is 26.7 Å². The van der Waals surface area contributed by atoms with Gasteiger partial charge in [0.15, 0.2) is 5.78 Å². The standard InChI is InChI=1S/C23H21FOSi/c1-14(2)16-9-11-22-19(12-16)23(25)18-6-4-5-7-21(18)26(22)17-10-8-15(3)20(24)13-17/h4-14,26H,1-3H3. The summed E-state index contributed by atoms with van der Waals surface area (Å²) in [6.07, 6.45) is 0. The SMILES string of the molecule is Cc1ccc([SiH]2c3ccccc3C(=O)c3cc(C(C)C)ccc32)cc1F. The van der Waals surface area contributed by atoms with Crippen LogP contribution in [0.15, 0.2) is 60.7 Å². The maximum Gasteiger partial charge on any atom is 0.192 e. The van der Waals surface area contributed by atoms with Crippen molar-refractivity contribution in [1.82, 2.24) is 0 Å². The van der Waals surface area contributed by atoms with Crippen LogP contribution in [0, 0.1) is 12.7 Å². The highest BCUT2D eigenvalue weighted by Gasteiger charge is 2.33. The van der Waals surface area contributed by atoms with Gasteiger partial charge in [-0.2, -0.15) is 0 Å². The molecule has 3 aromatic carbocycles. The molecule has 1 unspecified atom stereocenters. The van der Waals surface area contributed by atoms with Gasteiger partial charge < -0.3 is 0 Å². The second-order valence-corrected chi connectivity index (χ2v) is 10.1. The number of aryl methyl sites for hydroxylation is 1. The molecule has 0 saturated carbocycles. The fourth-order valence-corrected chi connectivity index (χ4v) is 7.11. The lowest BCUT2D eigenvalue weighted by molar-refractivity contribution is 0.104. The van der Waals surface area contributed by atoms with Crippen LogP contribution in [0.4, 0.5) is 4.39 Å². The summed E-state index contributed by atoms with van der Waals surface area (Å²) in [4.78, 5) is 13.1. The Morgan fingerprint density at radius 1 is 0.885 bits per heavy atom. The topological polar surface area (TPSA) is 17.1 Å². The Balaban J connectivity index is 1.98. The Morgan fingerprint density at radius 2 is 1.62 bits per heavy atom. The zero-order chi connectivity index (χ0) is 18.4. The van der Waals surface area contributed by atoms with Gasteiger partial charge >= 0.3 is 0 Å². The summed E-state index contributed by atoms with van der Waals surface area (Å²) in [5.41, 5.74) is 3.39. The highest BCUT2D eigenvalue weighted by Crippen LogP contribution is 2.20. The minimum atomic E-state index is -1.88. The molecular weight excluding hydrogens is 339 g/mol. The van der Waals surface area contributed by atoms with Crippen LogP contribution in [-0.2, 0) is 0 Å². The molecule has 3 heteroatoms. The summed E-state index contributed by atoms with van der Waals surface area (Å²) in [5, 5.41) is 3.21. The van der Waals surface area contributed by atoms with Crippen molar-refractivity contribution < 1.29 is 9.18 Å². The van der Waals surface area contributed by atoms with Gasteiger partial charge in [-0.25, -0.2) is 4.39 Å². The number of rotatable bonds is 2. The Kier molecular flexibility index (Phi) is 4.12. The molecule has 0 aliphatic carbocycles. The number of fused-ring (bicyclic) bond motifs is 2. The lowest BCUT2D eigenvalue weighted by Crippen LogP contribution is -2.58. The average molecular weight is 361 g/mol. The van der Waals surface area contributed by atoms with Crippen molar-refractivity contribution in [2.24, 2.45) is 0 Å². The number of benzene rings is 3. The van der Waals surface area contributed by atoms with E-state index >= 15 is 0 Å². The lowest BCUT2D eigenvalue weighted by Gasteiger charge is -2.28. The molecule has 1 atom stereocenters. The fourth-order valence-electron chi connectivity index (χ4n) is 3.80. The van der Waals surface area contributed by atoms with E-state index in [-0.39, 0.29) is 11.6 Å². The number of carbonyl (C=O) groups is 1. The summed E-state index contributed by atoms with van der Waals surface area (Å²) in [6.45, 7) is 6.04. The van der Waals surface area contributed by atoms with E-state index in [9.17, 15) is 9.18 Å². The van der Waals surface area contributed by atoms with E-state index in [2.05, 4.69) is 26.0 Å². The van der Waals surface area contributed by atoms with Crippen molar-refractivity contribution in [3.63, 3.8) is 0 Å². The molecule has 1 aliphatic heterocycles. The van der Waals surface area contributed by atoms with Gasteiger partial charge in [0.25, 0.3) is 0 Å². The van der Waals surface area contributed by atoms with Gasteiger partial charge in [-0.3, -0.25) is 4.79 Å². The fraction of sp³-hybridized carbons (Fsp3) is 0.174. The lowest BCUT2D eigenvalue weighted by atomic mass is 9.96. The van der Waals surface area contributed by atoms with Gasteiger partial charge in [-0.05, 0) is 51.7 Å². The molecule has 130 valence electrons.